The van der Waals surface area contributed by atoms with Crippen molar-refractivity contribution in [1.82, 2.24) is 0 Å². The lowest BCUT2D eigenvalue weighted by atomic mass is 10.5. The summed E-state index contributed by atoms with van der Waals surface area (Å²) in [5.41, 5.74) is 4.76. The largest absolute Gasteiger partial charge is 0.370 e. The molecule has 0 aliphatic carbocycles. The van der Waals surface area contributed by atoms with Gasteiger partial charge in [-0.05, 0) is 0 Å². The summed E-state index contributed by atoms with van der Waals surface area (Å²) in [4.78, 5) is 9.93. The predicted molar refractivity (Wildman–Crippen MR) is 35.6 cm³/mol. The molecule has 0 radical (unpaired) electrons. The van der Waals surface area contributed by atoms with E-state index in [1.807, 2.05) is 0 Å². The van der Waals surface area contributed by atoms with Gasteiger partial charge in [0.2, 0.25) is 5.91 Å². The van der Waals surface area contributed by atoms with Gasteiger partial charge in [0.05, 0.1) is 4.58 Å². The lowest BCUT2D eigenvalue weighted by Gasteiger charge is -1.94. The first kappa shape index (κ1) is 7.17. The summed E-state index contributed by atoms with van der Waals surface area (Å²) in [6, 6.07) is 0. The first-order chi connectivity index (χ1) is 3.13. The highest BCUT2D eigenvalue weighted by Gasteiger charge is 1.97. The zero-order valence-corrected chi connectivity index (χ0v) is 5.45. The highest BCUT2D eigenvalue weighted by Crippen LogP contribution is 2.02. The Bertz CT molecular complexity index is 73.3. The van der Waals surface area contributed by atoms with Crippen LogP contribution in [0.25, 0.3) is 0 Å². The van der Waals surface area contributed by atoms with Crippen LogP contribution in [-0.4, -0.2) is 10.5 Å². The molecular weight excluding hydrogens is 130 g/mol. The zero-order chi connectivity index (χ0) is 5.86. The fourth-order valence-corrected chi connectivity index (χ4v) is 0.540. The molecule has 42 valence electrons. The number of carbonyl (C=O) groups excluding carboxylic acids is 1. The van der Waals surface area contributed by atoms with E-state index in [2.05, 4.69) is 25.3 Å². The van der Waals surface area contributed by atoms with E-state index in [9.17, 15) is 4.79 Å². The monoisotopic (exact) mass is 137 g/mol. The van der Waals surface area contributed by atoms with Gasteiger partial charge in [0.25, 0.3) is 0 Å². The Morgan fingerprint density at radius 2 is 2.14 bits per heavy atom. The van der Waals surface area contributed by atoms with Crippen LogP contribution in [0.1, 0.15) is 6.42 Å². The van der Waals surface area contributed by atoms with Gasteiger partial charge >= 0.3 is 0 Å². The molecule has 0 rings (SSSR count). The molecule has 0 saturated heterocycles. The van der Waals surface area contributed by atoms with Gasteiger partial charge in [0, 0.05) is 6.42 Å². The van der Waals surface area contributed by atoms with E-state index in [-0.39, 0.29) is 16.9 Å². The third-order valence-electron chi connectivity index (χ3n) is 0.384. The molecule has 0 unspecified atom stereocenters. The van der Waals surface area contributed by atoms with Crippen molar-refractivity contribution in [2.75, 3.05) is 0 Å². The third-order valence-corrected chi connectivity index (χ3v) is 0.749. The fraction of sp³-hybridized carbons (Fsp3) is 0.667. The lowest BCUT2D eigenvalue weighted by molar-refractivity contribution is -0.117. The van der Waals surface area contributed by atoms with Crippen molar-refractivity contribution in [2.45, 2.75) is 11.0 Å². The molecule has 0 saturated carbocycles. The molecule has 0 heterocycles. The Morgan fingerprint density at radius 1 is 1.71 bits per heavy atom. The third kappa shape index (κ3) is 6.17. The maximum absolute atomic E-state index is 9.93. The van der Waals surface area contributed by atoms with Crippen LogP contribution in [-0.2, 0) is 4.79 Å². The van der Waals surface area contributed by atoms with Crippen molar-refractivity contribution in [1.29, 1.82) is 0 Å². The van der Waals surface area contributed by atoms with E-state index in [0.29, 0.717) is 0 Å². The summed E-state index contributed by atoms with van der Waals surface area (Å²) in [5.74, 6) is -0.366. The maximum atomic E-state index is 9.93. The minimum absolute atomic E-state index is 0.211. The SMILES string of the molecule is NC(=O)CC(S)S. The van der Waals surface area contributed by atoms with E-state index in [4.69, 9.17) is 5.73 Å². The Hall–Kier alpha value is 0.170. The molecule has 0 aliphatic rings. The quantitative estimate of drug-likeness (QED) is 0.365. The van der Waals surface area contributed by atoms with Gasteiger partial charge in [-0.1, -0.05) is 0 Å². The predicted octanol–water partition coefficient (Wildman–Crippen LogP) is 0.0475. The number of hydrogen-bond donors (Lipinski definition) is 3. The molecule has 7 heavy (non-hydrogen) atoms. The summed E-state index contributed by atoms with van der Waals surface area (Å²) in [5, 5.41) is 0. The van der Waals surface area contributed by atoms with E-state index in [1.54, 1.807) is 0 Å². The van der Waals surface area contributed by atoms with Crippen molar-refractivity contribution < 1.29 is 4.79 Å². The minimum Gasteiger partial charge on any atom is -0.370 e. The van der Waals surface area contributed by atoms with E-state index < -0.39 is 0 Å². The molecule has 1 amide bonds. The molecule has 0 bridgehead atoms. The number of nitrogens with two attached hydrogens (primary N) is 1. The van der Waals surface area contributed by atoms with Crippen LogP contribution >= 0.6 is 25.3 Å². The van der Waals surface area contributed by atoms with Crippen molar-refractivity contribution in [2.24, 2.45) is 5.73 Å². The summed E-state index contributed by atoms with van der Waals surface area (Å²) in [7, 11) is 0. The van der Waals surface area contributed by atoms with Gasteiger partial charge in [-0.25, -0.2) is 0 Å². The molecule has 2 N–H and O–H groups in total. The Kier molecular flexibility index (Phi) is 3.29. The van der Waals surface area contributed by atoms with E-state index in [0.717, 1.165) is 0 Å². The highest BCUT2D eigenvalue weighted by molar-refractivity contribution is 7.99. The molecule has 0 spiro atoms. The minimum atomic E-state index is -0.366. The van der Waals surface area contributed by atoms with Gasteiger partial charge in [-0.2, -0.15) is 25.3 Å². The second kappa shape index (κ2) is 3.21. The van der Waals surface area contributed by atoms with Gasteiger partial charge in [0.1, 0.15) is 0 Å². The second-order valence-corrected chi connectivity index (χ2v) is 2.81. The zero-order valence-electron chi connectivity index (χ0n) is 3.66. The summed E-state index contributed by atoms with van der Waals surface area (Å²) in [6.07, 6.45) is 0.228. The average molecular weight is 137 g/mol. The Labute approximate surface area is 53.3 Å². The maximum Gasteiger partial charge on any atom is 0.219 e. The lowest BCUT2D eigenvalue weighted by Crippen LogP contribution is -2.13. The summed E-state index contributed by atoms with van der Waals surface area (Å²) in [6.45, 7) is 0. The number of primary amides is 1. The first-order valence-electron chi connectivity index (χ1n) is 1.77. The van der Waals surface area contributed by atoms with Crippen molar-refractivity contribution in [3.8, 4) is 0 Å². The molecule has 0 aliphatic heterocycles. The van der Waals surface area contributed by atoms with Gasteiger partial charge in [0.15, 0.2) is 0 Å². The second-order valence-electron chi connectivity index (χ2n) is 1.15. The molecule has 0 fully saturated rings. The van der Waals surface area contributed by atoms with Gasteiger partial charge < -0.3 is 5.73 Å². The molecule has 0 aromatic heterocycles. The van der Waals surface area contributed by atoms with Crippen LogP contribution in [0, 0.1) is 0 Å². The van der Waals surface area contributed by atoms with Crippen LogP contribution in [0.4, 0.5) is 0 Å². The molecule has 4 heteroatoms. The number of rotatable bonds is 2. The van der Waals surface area contributed by atoms with Crippen molar-refractivity contribution >= 4 is 31.2 Å². The highest BCUT2D eigenvalue weighted by atomic mass is 32.2. The topological polar surface area (TPSA) is 43.1 Å². The standard InChI is InChI=1S/C3H7NOS2/c4-2(5)1-3(6)7/h3,6-7H,1H2,(H2,4,5). The van der Waals surface area contributed by atoms with Gasteiger partial charge in [-0.3, -0.25) is 4.79 Å². The van der Waals surface area contributed by atoms with Crippen molar-refractivity contribution in [3.05, 3.63) is 0 Å². The van der Waals surface area contributed by atoms with Crippen LogP contribution in [0.2, 0.25) is 0 Å². The number of thiol groups is 2. The normalized spacial score (nSPS) is 9.57. The smallest absolute Gasteiger partial charge is 0.219 e. The average Bonchev–Trinajstić information content (AvgIpc) is 1.27. The van der Waals surface area contributed by atoms with Crippen LogP contribution in [0.15, 0.2) is 0 Å². The van der Waals surface area contributed by atoms with E-state index >= 15 is 0 Å². The van der Waals surface area contributed by atoms with Crippen LogP contribution < -0.4 is 5.73 Å². The van der Waals surface area contributed by atoms with Crippen molar-refractivity contribution in [3.63, 3.8) is 0 Å². The molecular formula is C3H7NOS2. The Balaban J connectivity index is 3.13. The van der Waals surface area contributed by atoms with Gasteiger partial charge in [-0.15, -0.1) is 0 Å². The molecule has 0 aromatic rings. The number of amides is 1. The molecule has 0 aromatic carbocycles. The fourth-order valence-electron chi connectivity index (χ4n) is 0.180. The first-order valence-corrected chi connectivity index (χ1v) is 2.80. The number of carbonyl (C=O) groups is 1. The summed E-state index contributed by atoms with van der Waals surface area (Å²) < 4.78 is -0.211. The van der Waals surface area contributed by atoms with Crippen LogP contribution in [0.3, 0.4) is 0 Å². The molecule has 0 atom stereocenters. The molecule has 2 nitrogen and oxygen atoms in total. The van der Waals surface area contributed by atoms with E-state index in [1.165, 1.54) is 0 Å². The Morgan fingerprint density at radius 3 is 2.14 bits per heavy atom. The van der Waals surface area contributed by atoms with Crippen LogP contribution in [0.5, 0.6) is 0 Å². The summed E-state index contributed by atoms with van der Waals surface area (Å²) >= 11 is 7.60. The number of hydrogen-bond acceptors (Lipinski definition) is 3.